The molecule has 0 saturated heterocycles. The zero-order chi connectivity index (χ0) is 13.7. The smallest absolute Gasteiger partial charge is 0.235 e. The molecule has 19 heavy (non-hydrogen) atoms. The summed E-state index contributed by atoms with van der Waals surface area (Å²) in [6.45, 7) is 2.44. The average molecular weight is 261 g/mol. The fourth-order valence-corrected chi connectivity index (χ4v) is 2.04. The third-order valence-electron chi connectivity index (χ3n) is 3.14. The van der Waals surface area contributed by atoms with Gasteiger partial charge in [-0.05, 0) is 12.0 Å². The maximum absolute atomic E-state index is 5.83. The van der Waals surface area contributed by atoms with Crippen LogP contribution in [-0.4, -0.2) is 23.8 Å². The predicted molar refractivity (Wildman–Crippen MR) is 71.7 cm³/mol. The second-order valence-electron chi connectivity index (χ2n) is 4.32. The van der Waals surface area contributed by atoms with Gasteiger partial charge in [0.1, 0.15) is 6.10 Å². The van der Waals surface area contributed by atoms with Gasteiger partial charge in [-0.2, -0.15) is 4.98 Å². The number of ether oxygens (including phenoxy) is 1. The number of methoxy groups -OCH3 is 1. The fourth-order valence-electron chi connectivity index (χ4n) is 2.04. The van der Waals surface area contributed by atoms with Crippen molar-refractivity contribution in [1.29, 1.82) is 0 Å². The van der Waals surface area contributed by atoms with Gasteiger partial charge in [0, 0.05) is 13.7 Å². The molecule has 0 fully saturated rings. The van der Waals surface area contributed by atoms with Crippen molar-refractivity contribution in [2.45, 2.75) is 25.4 Å². The number of nitrogens with two attached hydrogens (primary N) is 1. The summed E-state index contributed by atoms with van der Waals surface area (Å²) in [7, 11) is 1.64. The Morgan fingerprint density at radius 3 is 2.63 bits per heavy atom. The highest BCUT2D eigenvalue weighted by molar-refractivity contribution is 5.24. The molecule has 1 aromatic heterocycles. The first-order valence-corrected chi connectivity index (χ1v) is 6.41. The van der Waals surface area contributed by atoms with Crippen molar-refractivity contribution in [1.82, 2.24) is 10.1 Å². The van der Waals surface area contributed by atoms with Crippen LogP contribution in [0, 0.1) is 0 Å². The van der Waals surface area contributed by atoms with E-state index < -0.39 is 0 Å². The molecule has 0 aliphatic carbocycles. The number of hydrogen-bond acceptors (Lipinski definition) is 5. The van der Waals surface area contributed by atoms with Crippen molar-refractivity contribution < 1.29 is 9.26 Å². The van der Waals surface area contributed by atoms with Gasteiger partial charge in [0.05, 0.1) is 5.92 Å². The van der Waals surface area contributed by atoms with Gasteiger partial charge < -0.3 is 15.0 Å². The highest BCUT2D eigenvalue weighted by Gasteiger charge is 2.22. The van der Waals surface area contributed by atoms with E-state index in [1.54, 1.807) is 7.11 Å². The van der Waals surface area contributed by atoms with Crippen LogP contribution < -0.4 is 5.73 Å². The molecule has 0 bridgehead atoms. The molecule has 1 heterocycles. The fraction of sp³-hybridized carbons (Fsp3) is 0.429. The molecule has 5 nitrogen and oxygen atoms in total. The molecule has 0 amide bonds. The summed E-state index contributed by atoms with van der Waals surface area (Å²) >= 11 is 0. The Morgan fingerprint density at radius 1 is 1.32 bits per heavy atom. The van der Waals surface area contributed by atoms with E-state index in [0.29, 0.717) is 18.3 Å². The summed E-state index contributed by atoms with van der Waals surface area (Å²) in [5.41, 5.74) is 6.90. The summed E-state index contributed by atoms with van der Waals surface area (Å²) in [5.74, 6) is 1.05. The molecule has 0 aliphatic heterocycles. The van der Waals surface area contributed by atoms with Gasteiger partial charge in [-0.25, -0.2) is 0 Å². The van der Waals surface area contributed by atoms with Crippen LogP contribution in [0.1, 0.15) is 42.6 Å². The summed E-state index contributed by atoms with van der Waals surface area (Å²) in [6.07, 6.45) is 0.667. The van der Waals surface area contributed by atoms with E-state index in [1.165, 1.54) is 0 Å². The predicted octanol–water partition coefficient (Wildman–Crippen LogP) is 2.26. The van der Waals surface area contributed by atoms with Gasteiger partial charge in [0.15, 0.2) is 0 Å². The van der Waals surface area contributed by atoms with Crippen molar-refractivity contribution in [3.63, 3.8) is 0 Å². The Labute approximate surface area is 112 Å². The van der Waals surface area contributed by atoms with E-state index in [1.807, 2.05) is 37.3 Å². The SMILES string of the molecule is CCC(OC)c1noc(C(CN)c2ccccc2)n1. The van der Waals surface area contributed by atoms with E-state index in [4.69, 9.17) is 15.0 Å². The van der Waals surface area contributed by atoms with Gasteiger partial charge in [-0.15, -0.1) is 0 Å². The van der Waals surface area contributed by atoms with E-state index in [-0.39, 0.29) is 12.0 Å². The average Bonchev–Trinajstić information content (AvgIpc) is 2.92. The second-order valence-corrected chi connectivity index (χ2v) is 4.32. The van der Waals surface area contributed by atoms with Crippen molar-refractivity contribution in [2.24, 2.45) is 5.73 Å². The van der Waals surface area contributed by atoms with Gasteiger partial charge in [0.2, 0.25) is 11.7 Å². The Balaban J connectivity index is 2.25. The number of aromatic nitrogens is 2. The third-order valence-corrected chi connectivity index (χ3v) is 3.14. The molecule has 1 aromatic carbocycles. The van der Waals surface area contributed by atoms with Crippen LogP contribution in [0.4, 0.5) is 0 Å². The van der Waals surface area contributed by atoms with Crippen LogP contribution in [0.25, 0.3) is 0 Å². The standard InChI is InChI=1S/C14H19N3O2/c1-3-12(18-2)13-16-14(19-17-13)11(9-15)10-7-5-4-6-8-10/h4-8,11-12H,3,9,15H2,1-2H3. The van der Waals surface area contributed by atoms with Crippen LogP contribution in [0.15, 0.2) is 34.9 Å². The first-order chi connectivity index (χ1) is 9.30. The maximum atomic E-state index is 5.83. The summed E-state index contributed by atoms with van der Waals surface area (Å²) < 4.78 is 10.6. The number of benzene rings is 1. The Bertz CT molecular complexity index is 494. The lowest BCUT2D eigenvalue weighted by molar-refractivity contribution is 0.0903. The monoisotopic (exact) mass is 261 g/mol. The molecule has 0 radical (unpaired) electrons. The molecule has 0 aliphatic rings. The minimum atomic E-state index is -0.133. The molecular formula is C14H19N3O2. The van der Waals surface area contributed by atoms with Crippen LogP contribution in [0.3, 0.4) is 0 Å². The molecule has 5 heteroatoms. The highest BCUT2D eigenvalue weighted by atomic mass is 16.5. The number of hydrogen-bond donors (Lipinski definition) is 1. The minimum Gasteiger partial charge on any atom is -0.373 e. The van der Waals surface area contributed by atoms with Gasteiger partial charge >= 0.3 is 0 Å². The van der Waals surface area contributed by atoms with Crippen molar-refractivity contribution in [3.8, 4) is 0 Å². The zero-order valence-corrected chi connectivity index (χ0v) is 11.2. The molecule has 2 aromatic rings. The van der Waals surface area contributed by atoms with Gasteiger partial charge in [0.25, 0.3) is 0 Å². The minimum absolute atomic E-state index is 0.0724. The van der Waals surface area contributed by atoms with Gasteiger partial charge in [-0.1, -0.05) is 42.4 Å². The molecule has 2 unspecified atom stereocenters. The molecule has 2 N–H and O–H groups in total. The summed E-state index contributed by atoms with van der Waals surface area (Å²) in [4.78, 5) is 4.42. The summed E-state index contributed by atoms with van der Waals surface area (Å²) in [5, 5.41) is 3.99. The number of rotatable bonds is 6. The van der Waals surface area contributed by atoms with Crippen molar-refractivity contribution in [2.75, 3.05) is 13.7 Å². The lowest BCUT2D eigenvalue weighted by Crippen LogP contribution is -2.14. The van der Waals surface area contributed by atoms with Gasteiger partial charge in [-0.3, -0.25) is 0 Å². The Kier molecular flexibility index (Phi) is 4.65. The molecular weight excluding hydrogens is 242 g/mol. The highest BCUT2D eigenvalue weighted by Crippen LogP contribution is 2.24. The van der Waals surface area contributed by atoms with Crippen LogP contribution >= 0.6 is 0 Å². The molecule has 102 valence electrons. The maximum Gasteiger partial charge on any atom is 0.235 e. The molecule has 0 spiro atoms. The second kappa shape index (κ2) is 6.45. The first kappa shape index (κ1) is 13.7. The Hall–Kier alpha value is -1.72. The normalized spacial score (nSPS) is 14.3. The van der Waals surface area contributed by atoms with E-state index in [2.05, 4.69) is 10.1 Å². The molecule has 0 saturated carbocycles. The lowest BCUT2D eigenvalue weighted by atomic mass is 9.99. The van der Waals surface area contributed by atoms with Crippen LogP contribution in [0.2, 0.25) is 0 Å². The van der Waals surface area contributed by atoms with Crippen LogP contribution in [0.5, 0.6) is 0 Å². The largest absolute Gasteiger partial charge is 0.373 e. The quantitative estimate of drug-likeness (QED) is 0.863. The summed E-state index contributed by atoms with van der Waals surface area (Å²) in [6, 6.07) is 9.93. The van der Waals surface area contributed by atoms with E-state index in [9.17, 15) is 0 Å². The zero-order valence-electron chi connectivity index (χ0n) is 11.2. The first-order valence-electron chi connectivity index (χ1n) is 6.41. The molecule has 2 rings (SSSR count). The Morgan fingerprint density at radius 2 is 2.05 bits per heavy atom. The van der Waals surface area contributed by atoms with E-state index in [0.717, 1.165) is 12.0 Å². The number of nitrogens with zero attached hydrogens (tertiary/aromatic N) is 2. The van der Waals surface area contributed by atoms with Crippen LogP contribution in [-0.2, 0) is 4.74 Å². The topological polar surface area (TPSA) is 74.2 Å². The lowest BCUT2D eigenvalue weighted by Gasteiger charge is -2.10. The van der Waals surface area contributed by atoms with Crippen molar-refractivity contribution >= 4 is 0 Å². The van der Waals surface area contributed by atoms with E-state index >= 15 is 0 Å². The third kappa shape index (κ3) is 3.00. The molecule has 2 atom stereocenters. The van der Waals surface area contributed by atoms with Crippen molar-refractivity contribution in [3.05, 3.63) is 47.6 Å².